The van der Waals surface area contributed by atoms with Crippen LogP contribution in [0.5, 0.6) is 0 Å². The summed E-state index contributed by atoms with van der Waals surface area (Å²) in [5.74, 6) is -0.501. The molecule has 1 aromatic heterocycles. The number of carbonyl (C=O) groups excluding carboxylic acids is 2. The number of hydrogen-bond acceptors (Lipinski definition) is 5. The number of hydrogen-bond donors (Lipinski definition) is 0. The van der Waals surface area contributed by atoms with Crippen molar-refractivity contribution in [3.63, 3.8) is 0 Å². The van der Waals surface area contributed by atoms with E-state index >= 15 is 0 Å². The Morgan fingerprint density at radius 2 is 2.58 bits per heavy atom. The molecule has 0 aliphatic carbocycles. The number of aryl methyl sites for hydroxylation is 1. The van der Waals surface area contributed by atoms with Crippen molar-refractivity contribution >= 4 is 23.8 Å². The quantitative estimate of drug-likeness (QED) is 0.470. The monoisotopic (exact) mass is 184 g/mol. The molecule has 6 heteroatoms. The lowest BCUT2D eigenvalue weighted by atomic mass is 10.5. The first-order chi connectivity index (χ1) is 5.74. The van der Waals surface area contributed by atoms with Crippen LogP contribution in [0.15, 0.2) is 11.5 Å². The van der Waals surface area contributed by atoms with Crippen molar-refractivity contribution in [1.29, 1.82) is 0 Å². The molecule has 0 amide bonds. The molecule has 0 aliphatic heterocycles. The fourth-order valence-corrected chi connectivity index (χ4v) is 1.24. The highest BCUT2D eigenvalue weighted by Crippen LogP contribution is 2.12. The van der Waals surface area contributed by atoms with Crippen LogP contribution >= 0.6 is 11.8 Å². The second-order valence-electron chi connectivity index (χ2n) is 2.04. The molecule has 5 nitrogen and oxygen atoms in total. The maximum absolute atomic E-state index is 10.5. The Kier molecular flexibility index (Phi) is 2.98. The minimum Gasteiger partial charge on any atom is -0.312 e. The Morgan fingerprint density at radius 1 is 1.83 bits per heavy atom. The predicted octanol–water partition coefficient (Wildman–Crippen LogP) is -0.414. The summed E-state index contributed by atoms with van der Waals surface area (Å²) < 4.78 is 1.67. The number of Topliss-reactive ketones (excluding diaryl/α,β-unsaturated/α-hetero) is 1. The van der Waals surface area contributed by atoms with E-state index in [1.165, 1.54) is 12.6 Å². The van der Waals surface area contributed by atoms with E-state index in [-0.39, 0.29) is 5.75 Å². The van der Waals surface area contributed by atoms with Crippen molar-refractivity contribution in [2.24, 2.45) is 7.05 Å². The van der Waals surface area contributed by atoms with Crippen molar-refractivity contribution in [2.75, 3.05) is 5.75 Å². The Bertz CT molecular complexity index is 297. The van der Waals surface area contributed by atoms with Gasteiger partial charge in [-0.25, -0.2) is 0 Å². The summed E-state index contributed by atoms with van der Waals surface area (Å²) in [5, 5.41) is 7.93. The third-order valence-corrected chi connectivity index (χ3v) is 2.15. The van der Waals surface area contributed by atoms with Gasteiger partial charge in [-0.3, -0.25) is 9.59 Å². The first-order valence-corrected chi connectivity index (χ1v) is 4.10. The van der Waals surface area contributed by atoms with Crippen LogP contribution in [-0.4, -0.2) is 32.6 Å². The first-order valence-electron chi connectivity index (χ1n) is 3.12. The van der Waals surface area contributed by atoms with Gasteiger partial charge in [0.1, 0.15) is 6.33 Å². The minimum absolute atomic E-state index is 0.0655. The van der Waals surface area contributed by atoms with Crippen LogP contribution < -0.4 is 0 Å². The summed E-state index contributed by atoms with van der Waals surface area (Å²) in [6, 6.07) is 0. The van der Waals surface area contributed by atoms with Crippen LogP contribution in [0.1, 0.15) is 0 Å². The molecule has 1 radical (unpaired) electrons. The molecule has 0 saturated heterocycles. The standard InChI is InChI=1S/C6H6N3O2S/c1-9-4-7-8-6(9)12-3-5(11)2-10/h4H,3H2,1H3. The van der Waals surface area contributed by atoms with E-state index in [9.17, 15) is 9.59 Å². The van der Waals surface area contributed by atoms with Gasteiger partial charge in [0.15, 0.2) is 5.16 Å². The zero-order valence-corrected chi connectivity index (χ0v) is 7.17. The van der Waals surface area contributed by atoms with Gasteiger partial charge in [0, 0.05) is 7.05 Å². The van der Waals surface area contributed by atoms with Gasteiger partial charge >= 0.3 is 0 Å². The fraction of sp³-hybridized carbons (Fsp3) is 0.333. The molecule has 0 atom stereocenters. The van der Waals surface area contributed by atoms with E-state index in [2.05, 4.69) is 10.2 Å². The molecule has 0 aromatic carbocycles. The molecule has 0 N–H and O–H groups in total. The largest absolute Gasteiger partial charge is 0.312 e. The smallest absolute Gasteiger partial charge is 0.273 e. The lowest BCUT2D eigenvalue weighted by molar-refractivity contribution is -0.110. The van der Waals surface area contributed by atoms with Gasteiger partial charge in [0.25, 0.3) is 6.29 Å². The first kappa shape index (κ1) is 8.92. The van der Waals surface area contributed by atoms with Crippen molar-refractivity contribution < 1.29 is 9.59 Å². The molecular weight excluding hydrogens is 178 g/mol. The van der Waals surface area contributed by atoms with Gasteiger partial charge in [0.2, 0.25) is 5.78 Å². The van der Waals surface area contributed by atoms with Crippen LogP contribution in [0.2, 0.25) is 0 Å². The van der Waals surface area contributed by atoms with Gasteiger partial charge in [0.05, 0.1) is 5.75 Å². The van der Waals surface area contributed by atoms with E-state index in [1.54, 1.807) is 11.6 Å². The van der Waals surface area contributed by atoms with Crippen LogP contribution in [0.3, 0.4) is 0 Å². The number of rotatable bonds is 4. The van der Waals surface area contributed by atoms with Gasteiger partial charge in [-0.1, -0.05) is 11.8 Å². The molecule has 0 bridgehead atoms. The summed E-state index contributed by atoms with van der Waals surface area (Å²) in [5.41, 5.74) is 0. The average molecular weight is 184 g/mol. The predicted molar refractivity (Wildman–Crippen MR) is 42.4 cm³/mol. The molecule has 0 spiro atoms. The summed E-state index contributed by atoms with van der Waals surface area (Å²) >= 11 is 1.16. The molecule has 12 heavy (non-hydrogen) atoms. The van der Waals surface area contributed by atoms with Crippen molar-refractivity contribution in [1.82, 2.24) is 14.8 Å². The Labute approximate surface area is 73.2 Å². The molecular formula is C6H6N3O2S. The molecule has 0 saturated carbocycles. The van der Waals surface area contributed by atoms with E-state index in [0.29, 0.717) is 5.16 Å². The molecule has 0 aliphatic rings. The normalized spacial score (nSPS) is 9.75. The number of carbonyl (C=O) groups is 1. The minimum atomic E-state index is -0.567. The summed E-state index contributed by atoms with van der Waals surface area (Å²) in [6.07, 6.45) is 2.80. The number of nitrogens with zero attached hydrogens (tertiary/aromatic N) is 3. The topological polar surface area (TPSA) is 64.8 Å². The van der Waals surface area contributed by atoms with Gasteiger partial charge in [-0.2, -0.15) is 0 Å². The average Bonchev–Trinajstić information content (AvgIpc) is 2.47. The summed E-state index contributed by atoms with van der Waals surface area (Å²) in [7, 11) is 1.76. The molecule has 1 heterocycles. The molecule has 0 fully saturated rings. The molecule has 63 valence electrons. The SMILES string of the molecule is Cn1cnnc1SCC(=O)[C]=O. The molecule has 1 rings (SSSR count). The number of thioether (sulfide) groups is 1. The van der Waals surface area contributed by atoms with Crippen LogP contribution in [0, 0.1) is 0 Å². The van der Waals surface area contributed by atoms with Gasteiger partial charge < -0.3 is 4.57 Å². The van der Waals surface area contributed by atoms with E-state index in [1.807, 2.05) is 0 Å². The Balaban J connectivity index is 2.48. The highest BCUT2D eigenvalue weighted by molar-refractivity contribution is 7.99. The second kappa shape index (κ2) is 4.01. The van der Waals surface area contributed by atoms with Crippen LogP contribution in [0.4, 0.5) is 0 Å². The highest BCUT2D eigenvalue weighted by atomic mass is 32.2. The van der Waals surface area contributed by atoms with Gasteiger partial charge in [-0.05, 0) is 0 Å². The van der Waals surface area contributed by atoms with E-state index < -0.39 is 5.78 Å². The van der Waals surface area contributed by atoms with E-state index in [0.717, 1.165) is 11.8 Å². The van der Waals surface area contributed by atoms with Crippen molar-refractivity contribution in [3.05, 3.63) is 6.33 Å². The van der Waals surface area contributed by atoms with Crippen molar-refractivity contribution in [2.45, 2.75) is 5.16 Å². The third kappa shape index (κ3) is 2.16. The highest BCUT2D eigenvalue weighted by Gasteiger charge is 2.05. The summed E-state index contributed by atoms with van der Waals surface area (Å²) in [4.78, 5) is 20.3. The summed E-state index contributed by atoms with van der Waals surface area (Å²) in [6.45, 7) is 0. The fourth-order valence-electron chi connectivity index (χ4n) is 0.563. The van der Waals surface area contributed by atoms with E-state index in [4.69, 9.17) is 0 Å². The second-order valence-corrected chi connectivity index (χ2v) is 2.98. The number of aromatic nitrogens is 3. The Morgan fingerprint density at radius 3 is 3.08 bits per heavy atom. The van der Waals surface area contributed by atoms with Crippen LogP contribution in [0.25, 0.3) is 0 Å². The van der Waals surface area contributed by atoms with Crippen molar-refractivity contribution in [3.8, 4) is 0 Å². The maximum Gasteiger partial charge on any atom is 0.273 e. The third-order valence-electron chi connectivity index (χ3n) is 1.12. The maximum atomic E-state index is 10.5. The van der Waals surface area contributed by atoms with Gasteiger partial charge in [-0.15, -0.1) is 10.2 Å². The molecule has 1 aromatic rings. The lowest BCUT2D eigenvalue weighted by Crippen LogP contribution is -2.02. The van der Waals surface area contributed by atoms with Crippen LogP contribution in [-0.2, 0) is 16.6 Å². The lowest BCUT2D eigenvalue weighted by Gasteiger charge is -1.94. The zero-order chi connectivity index (χ0) is 8.97. The zero-order valence-electron chi connectivity index (χ0n) is 6.35. The molecule has 0 unspecified atom stereocenters. The Hall–Kier alpha value is -1.17. The number of ketones is 1.